The molecule has 0 aliphatic carbocycles. The van der Waals surface area contributed by atoms with Crippen molar-refractivity contribution in [2.24, 2.45) is 11.8 Å². The lowest BCUT2D eigenvalue weighted by Crippen LogP contribution is -2.25. The first-order valence-corrected chi connectivity index (χ1v) is 7.51. The maximum absolute atomic E-state index is 5.85. The van der Waals surface area contributed by atoms with Gasteiger partial charge in [-0.15, -0.1) is 11.6 Å². The van der Waals surface area contributed by atoms with E-state index in [9.17, 15) is 0 Å². The molecule has 0 N–H and O–H groups in total. The third kappa shape index (κ3) is 3.38. The monoisotopic (exact) mass is 266 g/mol. The van der Waals surface area contributed by atoms with E-state index < -0.39 is 0 Å². The summed E-state index contributed by atoms with van der Waals surface area (Å²) in [5.74, 6) is 3.26. The van der Waals surface area contributed by atoms with Crippen LogP contribution in [0.15, 0.2) is 18.2 Å². The first-order valence-electron chi connectivity index (χ1n) is 6.97. The predicted octanol–water partition coefficient (Wildman–Crippen LogP) is 4.08. The summed E-state index contributed by atoms with van der Waals surface area (Å²) in [4.78, 5) is 7.04. The van der Waals surface area contributed by atoms with Gasteiger partial charge >= 0.3 is 0 Å². The molecule has 1 aromatic heterocycles. The van der Waals surface area contributed by atoms with Crippen molar-refractivity contribution in [3.05, 3.63) is 23.9 Å². The van der Waals surface area contributed by atoms with Crippen molar-refractivity contribution in [2.75, 3.05) is 18.0 Å². The quantitative estimate of drug-likeness (QED) is 0.767. The fourth-order valence-electron chi connectivity index (χ4n) is 2.74. The number of aromatic nitrogens is 1. The Labute approximate surface area is 115 Å². The van der Waals surface area contributed by atoms with E-state index in [4.69, 9.17) is 11.6 Å². The largest absolute Gasteiger partial charge is 0.357 e. The molecule has 2 rings (SSSR count). The zero-order valence-corrected chi connectivity index (χ0v) is 12.2. The van der Waals surface area contributed by atoms with E-state index in [1.165, 1.54) is 19.3 Å². The third-order valence-corrected chi connectivity index (χ3v) is 4.24. The molecular weight excluding hydrogens is 244 g/mol. The lowest BCUT2D eigenvalue weighted by Gasteiger charge is -2.22. The van der Waals surface area contributed by atoms with Gasteiger partial charge in [0.05, 0.1) is 11.6 Å². The van der Waals surface area contributed by atoms with Crippen molar-refractivity contribution < 1.29 is 0 Å². The molecule has 1 aliphatic rings. The van der Waals surface area contributed by atoms with E-state index in [2.05, 4.69) is 35.9 Å². The van der Waals surface area contributed by atoms with Crippen LogP contribution in [0, 0.1) is 11.8 Å². The maximum Gasteiger partial charge on any atom is 0.128 e. The zero-order valence-electron chi connectivity index (χ0n) is 11.4. The zero-order chi connectivity index (χ0) is 13.0. The van der Waals surface area contributed by atoms with Crippen LogP contribution in [0.1, 0.15) is 38.8 Å². The number of halogens is 1. The van der Waals surface area contributed by atoms with Crippen molar-refractivity contribution in [3.63, 3.8) is 0 Å². The summed E-state index contributed by atoms with van der Waals surface area (Å²) in [6.45, 7) is 6.93. The van der Waals surface area contributed by atoms with Crippen LogP contribution in [0.2, 0.25) is 0 Å². The first-order chi connectivity index (χ1) is 8.70. The Bertz CT molecular complexity index is 379. The molecule has 1 saturated heterocycles. The molecule has 1 atom stereocenters. The van der Waals surface area contributed by atoms with Gasteiger partial charge < -0.3 is 4.90 Å². The highest BCUT2D eigenvalue weighted by atomic mass is 35.5. The van der Waals surface area contributed by atoms with Gasteiger partial charge in [0, 0.05) is 13.1 Å². The van der Waals surface area contributed by atoms with Gasteiger partial charge in [-0.3, -0.25) is 0 Å². The van der Waals surface area contributed by atoms with Crippen molar-refractivity contribution >= 4 is 17.4 Å². The van der Waals surface area contributed by atoms with E-state index in [0.29, 0.717) is 5.88 Å². The van der Waals surface area contributed by atoms with Crippen molar-refractivity contribution in [2.45, 2.75) is 39.0 Å². The topological polar surface area (TPSA) is 16.1 Å². The molecule has 1 unspecified atom stereocenters. The Morgan fingerprint density at radius 1 is 1.33 bits per heavy atom. The average molecular weight is 267 g/mol. The highest BCUT2D eigenvalue weighted by Crippen LogP contribution is 2.26. The molecule has 0 saturated carbocycles. The van der Waals surface area contributed by atoms with E-state index in [1.54, 1.807) is 0 Å². The number of rotatable bonds is 3. The molecule has 0 spiro atoms. The van der Waals surface area contributed by atoms with Gasteiger partial charge in [-0.05, 0) is 43.2 Å². The van der Waals surface area contributed by atoms with Crippen LogP contribution in [0.4, 0.5) is 5.82 Å². The van der Waals surface area contributed by atoms with Crippen molar-refractivity contribution in [1.29, 1.82) is 0 Å². The Balaban J connectivity index is 2.04. The number of hydrogen-bond acceptors (Lipinski definition) is 2. The van der Waals surface area contributed by atoms with Crippen LogP contribution in [0.5, 0.6) is 0 Å². The van der Waals surface area contributed by atoms with Gasteiger partial charge in [-0.2, -0.15) is 0 Å². The number of pyridine rings is 1. The lowest BCUT2D eigenvalue weighted by molar-refractivity contribution is 0.351. The molecule has 2 nitrogen and oxygen atoms in total. The van der Waals surface area contributed by atoms with Gasteiger partial charge in [0.15, 0.2) is 0 Å². The minimum atomic E-state index is 0.496. The molecule has 2 heterocycles. The van der Waals surface area contributed by atoms with Crippen LogP contribution in [-0.2, 0) is 5.88 Å². The highest BCUT2D eigenvalue weighted by Gasteiger charge is 2.20. The number of anilines is 1. The number of hydrogen-bond donors (Lipinski definition) is 0. The minimum absolute atomic E-state index is 0.496. The fourth-order valence-corrected chi connectivity index (χ4v) is 2.88. The normalized spacial score (nSPS) is 21.1. The van der Waals surface area contributed by atoms with Gasteiger partial charge in [0.2, 0.25) is 0 Å². The molecule has 0 amide bonds. The van der Waals surface area contributed by atoms with Gasteiger partial charge in [0.25, 0.3) is 0 Å². The molecule has 0 bridgehead atoms. The summed E-state index contributed by atoms with van der Waals surface area (Å²) >= 11 is 5.85. The van der Waals surface area contributed by atoms with Crippen molar-refractivity contribution in [1.82, 2.24) is 4.98 Å². The highest BCUT2D eigenvalue weighted by molar-refractivity contribution is 6.16. The second kappa shape index (κ2) is 6.42. The fraction of sp³-hybridized carbons (Fsp3) is 0.667. The first kappa shape index (κ1) is 13.7. The molecule has 1 aromatic rings. The van der Waals surface area contributed by atoms with Crippen LogP contribution in [0.3, 0.4) is 0 Å². The molecule has 1 fully saturated rings. The van der Waals surface area contributed by atoms with E-state index in [-0.39, 0.29) is 0 Å². The average Bonchev–Trinajstić information content (AvgIpc) is 2.64. The van der Waals surface area contributed by atoms with E-state index in [1.807, 2.05) is 6.07 Å². The van der Waals surface area contributed by atoms with Crippen molar-refractivity contribution in [3.8, 4) is 0 Å². The van der Waals surface area contributed by atoms with Crippen LogP contribution < -0.4 is 4.90 Å². The van der Waals surface area contributed by atoms with Crippen LogP contribution >= 0.6 is 11.6 Å². The molecule has 0 aromatic carbocycles. The summed E-state index contributed by atoms with van der Waals surface area (Å²) < 4.78 is 0. The van der Waals surface area contributed by atoms with Crippen LogP contribution in [-0.4, -0.2) is 18.1 Å². The van der Waals surface area contributed by atoms with Gasteiger partial charge in [-0.25, -0.2) is 4.98 Å². The number of alkyl halides is 1. The molecule has 100 valence electrons. The summed E-state index contributed by atoms with van der Waals surface area (Å²) in [6, 6.07) is 6.15. The molecule has 18 heavy (non-hydrogen) atoms. The maximum atomic E-state index is 5.85. The van der Waals surface area contributed by atoms with E-state index >= 15 is 0 Å². The lowest BCUT2D eigenvalue weighted by atomic mass is 9.89. The Kier molecular flexibility index (Phi) is 4.87. The van der Waals surface area contributed by atoms with Crippen LogP contribution in [0.25, 0.3) is 0 Å². The number of nitrogens with zero attached hydrogens (tertiary/aromatic N) is 2. The smallest absolute Gasteiger partial charge is 0.128 e. The second-order valence-electron chi connectivity index (χ2n) is 5.54. The third-order valence-electron chi connectivity index (χ3n) is 3.97. The Morgan fingerprint density at radius 2 is 2.17 bits per heavy atom. The van der Waals surface area contributed by atoms with Gasteiger partial charge in [-0.1, -0.05) is 19.9 Å². The molecule has 0 radical (unpaired) electrons. The Hall–Kier alpha value is -0.760. The molecular formula is C15H23ClN2. The SMILES string of the molecule is CC(C)C1CCCN(c2cccc(CCl)n2)CC1. The molecule has 3 heteroatoms. The predicted molar refractivity (Wildman–Crippen MR) is 78.2 cm³/mol. The Morgan fingerprint density at radius 3 is 2.89 bits per heavy atom. The minimum Gasteiger partial charge on any atom is -0.357 e. The summed E-state index contributed by atoms with van der Waals surface area (Å²) in [5.41, 5.74) is 0.971. The summed E-state index contributed by atoms with van der Waals surface area (Å²) in [6.07, 6.45) is 3.91. The van der Waals surface area contributed by atoms with Gasteiger partial charge in [0.1, 0.15) is 5.82 Å². The summed E-state index contributed by atoms with van der Waals surface area (Å²) in [7, 11) is 0. The second-order valence-corrected chi connectivity index (χ2v) is 5.81. The van der Waals surface area contributed by atoms with E-state index in [0.717, 1.165) is 36.4 Å². The summed E-state index contributed by atoms with van der Waals surface area (Å²) in [5, 5.41) is 0. The molecule has 1 aliphatic heterocycles. The standard InChI is InChI=1S/C15H23ClN2/c1-12(2)13-5-4-9-18(10-8-13)15-7-3-6-14(11-16)17-15/h3,6-7,12-13H,4-5,8-11H2,1-2H3.